The summed E-state index contributed by atoms with van der Waals surface area (Å²) in [5.74, 6) is 0.683. The number of unbranched alkanes of at least 4 members (excludes halogenated alkanes) is 28. The lowest BCUT2D eigenvalue weighted by Crippen LogP contribution is -2.60. The van der Waals surface area contributed by atoms with Gasteiger partial charge in [0.1, 0.15) is 6.61 Å². The topological polar surface area (TPSA) is 174 Å². The number of nitrogens with zero attached hydrogens (tertiary/aromatic N) is 2. The highest BCUT2D eigenvalue weighted by Gasteiger charge is 2.77. The summed E-state index contributed by atoms with van der Waals surface area (Å²) in [5.41, 5.74) is 8.32. The summed E-state index contributed by atoms with van der Waals surface area (Å²) < 4.78 is 35.1. The molecule has 1 saturated carbocycles. The van der Waals surface area contributed by atoms with Crippen LogP contribution in [-0.4, -0.2) is 123 Å². The van der Waals surface area contributed by atoms with Crippen LogP contribution in [0.25, 0.3) is 0 Å². The smallest absolute Gasteiger partial charge is 0.478 e. The van der Waals surface area contributed by atoms with Crippen molar-refractivity contribution in [2.75, 3.05) is 26.4 Å². The molecule has 1 spiro atoms. The molecule has 13 heteroatoms. The first-order chi connectivity index (χ1) is 53.5. The molecule has 4 aromatic carbocycles. The zero-order valence-electron chi connectivity index (χ0n) is 73.9. The lowest BCUT2D eigenvalue weighted by Gasteiger charge is -2.35. The van der Waals surface area contributed by atoms with E-state index in [0.717, 1.165) is 63.2 Å². The number of esters is 1. The van der Waals surface area contributed by atoms with Gasteiger partial charge in [-0.25, -0.2) is 9.59 Å². The fraction of sp³-hybridized carbons (Fsp3) is 0.717. The van der Waals surface area contributed by atoms with Crippen molar-refractivity contribution in [3.05, 3.63) is 129 Å². The Balaban J connectivity index is 0.000000266. The number of fused-ring (bicyclic) bond motifs is 5. The largest absolute Gasteiger partial charge is 0.704 e. The number of hydrogen-bond donors (Lipinski definition) is 4. The lowest BCUT2D eigenvalue weighted by molar-refractivity contribution is -0.866. The van der Waals surface area contributed by atoms with Crippen molar-refractivity contribution in [3.63, 3.8) is 0 Å². The van der Waals surface area contributed by atoms with Gasteiger partial charge in [0.2, 0.25) is 12.1 Å². The van der Waals surface area contributed by atoms with Gasteiger partial charge < -0.3 is 44.1 Å². The number of rotatable bonds is 41. The van der Waals surface area contributed by atoms with Crippen LogP contribution in [0.5, 0.6) is 11.5 Å². The molecule has 632 valence electrons. The third kappa shape index (κ3) is 36.0. The zero-order valence-corrected chi connectivity index (χ0v) is 73.9. The summed E-state index contributed by atoms with van der Waals surface area (Å²) in [7, 11) is 0. The van der Waals surface area contributed by atoms with Crippen LogP contribution in [0, 0.1) is 0 Å². The molecule has 1 aliphatic carbocycles. The maximum atomic E-state index is 11.7. The zero-order chi connectivity index (χ0) is 82.0. The predicted molar refractivity (Wildman–Crippen MR) is 466 cm³/mol. The Morgan fingerprint density at radius 3 is 1.07 bits per heavy atom. The molecule has 1 unspecified atom stereocenters. The summed E-state index contributed by atoms with van der Waals surface area (Å²) in [5, 5.41) is 35.9. The van der Waals surface area contributed by atoms with E-state index in [1.807, 2.05) is 6.07 Å². The molecule has 0 radical (unpaired) electrons. The summed E-state index contributed by atoms with van der Waals surface area (Å²) in [6.07, 6.45) is 56.9. The van der Waals surface area contributed by atoms with Crippen LogP contribution >= 0.6 is 0 Å². The van der Waals surface area contributed by atoms with E-state index in [1.165, 1.54) is 245 Å². The number of epoxide rings is 2. The molecule has 4 N–H and O–H groups in total. The minimum atomic E-state index is -1.02. The fourth-order valence-electron chi connectivity index (χ4n) is 15.2. The van der Waals surface area contributed by atoms with E-state index in [1.54, 1.807) is 54.6 Å². The standard InChI is InChI=1S/C37H52N2O2.C19H30O3.C12H26O2.2C12H24O.C7H6O2/c1-33(2,3)25-17-23-21-38-29-15-13-14-16-30(29)39-22-24-18-26(34(4,5)6)20-28(36(10,11)12)32(24)41-37(38,39)40-31(23)27(19-25)35(7,8)9;1-2-3-4-5-6-7-8-12-15-18(20)16-22-19(21)17-13-10-9-11-14-17;1-2-3-4-5-6-7-8-9-10-12(14)11-13;2*1-2-3-4-5-6-7-8-9-10-12-11-13-12;8-7(9)6-4-2-1-3-5-6/h17-22,29-30H,13-16H2,1-12H3;9-11,13-14,18,20H,2-8,12,15-16H2,1H3;12-14H,2-11H2,1H3;2*12H,2-11H2,1H3;1-5H,(H,8,9)/q+2;;;;;/t29-,30-,37?;18-;2*12-;;/m1110../s1. The summed E-state index contributed by atoms with van der Waals surface area (Å²) in [6, 6.07) is 26.3. The first-order valence-corrected chi connectivity index (χ1v) is 45.3. The van der Waals surface area contributed by atoms with Crippen molar-refractivity contribution in [3.8, 4) is 11.5 Å². The van der Waals surface area contributed by atoms with Gasteiger partial charge in [-0.2, -0.15) is 0 Å². The Bertz CT molecular complexity index is 3150. The van der Waals surface area contributed by atoms with Crippen molar-refractivity contribution < 1.29 is 62.9 Å². The van der Waals surface area contributed by atoms with Crippen molar-refractivity contribution in [1.82, 2.24) is 0 Å². The molecule has 6 aliphatic rings. The number of aliphatic hydroxyl groups excluding tert-OH is 3. The summed E-state index contributed by atoms with van der Waals surface area (Å²) >= 11 is 0. The molecule has 3 saturated heterocycles. The Morgan fingerprint density at radius 1 is 0.446 bits per heavy atom. The lowest BCUT2D eigenvalue weighted by atomic mass is 9.78. The molecule has 0 bridgehead atoms. The molecule has 6 atom stereocenters. The quantitative estimate of drug-likeness (QED) is 0.0144. The SMILES string of the molecule is CC(C)(C)c1cc2c(c(C(C)(C)C)c1)OC13Oc4c(cc(C(C)(C)C)cc4C(C)(C)C)C=[N+]1[C@@H]1CCCC[C@H]1[N+]3=C2.CCCCCCCCCCC1CO1.CCCCCCCCCC[C@@H](O)CO.CCCCCCCCCC[C@@H](O)COC(=O)c1ccccc1.CCCCCCCCCC[C@H]1CO1.O=C(O)c1ccccc1. The first-order valence-electron chi connectivity index (χ1n) is 45.3. The summed E-state index contributed by atoms with van der Waals surface area (Å²) in [4.78, 5) is 21.9. The average molecular weight is 1560 g/mol. The molecular formula is C99H162N2O11+2. The molecule has 13 nitrogen and oxygen atoms in total. The van der Waals surface area contributed by atoms with Crippen LogP contribution in [-0.2, 0) is 35.9 Å². The van der Waals surface area contributed by atoms with E-state index in [9.17, 15) is 14.7 Å². The number of carboxylic acids is 1. The van der Waals surface area contributed by atoms with Gasteiger partial charge in [-0.15, -0.1) is 0 Å². The molecule has 5 heterocycles. The highest BCUT2D eigenvalue weighted by molar-refractivity contribution is 5.89. The highest BCUT2D eigenvalue weighted by atomic mass is 16.7. The minimum absolute atomic E-state index is 0.0445. The number of aliphatic hydroxyl groups is 3. The number of aromatic carboxylic acids is 1. The number of ether oxygens (including phenoxy) is 5. The van der Waals surface area contributed by atoms with Crippen LogP contribution in [0.1, 0.15) is 422 Å². The number of benzene rings is 4. The van der Waals surface area contributed by atoms with Crippen molar-refractivity contribution in [2.45, 2.75) is 432 Å². The predicted octanol–water partition coefficient (Wildman–Crippen LogP) is 25.0. The van der Waals surface area contributed by atoms with Gasteiger partial charge in [0, 0.05) is 24.0 Å². The van der Waals surface area contributed by atoms with Crippen LogP contribution in [0.2, 0.25) is 0 Å². The van der Waals surface area contributed by atoms with Crippen molar-refractivity contribution in [2.24, 2.45) is 0 Å². The summed E-state index contributed by atoms with van der Waals surface area (Å²) in [6.45, 7) is 38.7. The molecule has 0 aromatic heterocycles. The third-order valence-corrected chi connectivity index (χ3v) is 22.7. The second-order valence-electron chi connectivity index (χ2n) is 37.2. The van der Waals surface area contributed by atoms with Gasteiger partial charge in [0.05, 0.1) is 66.5 Å². The van der Waals surface area contributed by atoms with E-state index in [-0.39, 0.29) is 40.8 Å². The van der Waals surface area contributed by atoms with Crippen LogP contribution in [0.4, 0.5) is 0 Å². The second-order valence-corrected chi connectivity index (χ2v) is 37.2. The van der Waals surface area contributed by atoms with Gasteiger partial charge in [-0.05, 0) is 108 Å². The van der Waals surface area contributed by atoms with Gasteiger partial charge in [-0.3, -0.25) is 0 Å². The number of carbonyl (C=O) groups is 2. The molecule has 0 amide bonds. The molecule has 112 heavy (non-hydrogen) atoms. The van der Waals surface area contributed by atoms with Crippen LogP contribution in [0.3, 0.4) is 0 Å². The van der Waals surface area contributed by atoms with Crippen LogP contribution < -0.4 is 9.47 Å². The molecule has 5 aliphatic heterocycles. The number of carboxylic acid groups (broad SMARTS) is 1. The van der Waals surface area contributed by atoms with E-state index >= 15 is 0 Å². The van der Waals surface area contributed by atoms with E-state index < -0.39 is 24.2 Å². The Hall–Kier alpha value is -5.44. The normalized spacial score (nSPS) is 18.0. The van der Waals surface area contributed by atoms with Crippen molar-refractivity contribution >= 4 is 24.4 Å². The van der Waals surface area contributed by atoms with Gasteiger partial charge in [0.15, 0.2) is 23.9 Å². The average Bonchev–Trinajstić information content (AvgIpc) is 1.49. The Morgan fingerprint density at radius 2 is 0.768 bits per heavy atom. The maximum absolute atomic E-state index is 11.7. The molecular weight excluding hydrogens is 1390 g/mol. The number of hydrogen-bond acceptors (Lipinski definition) is 10. The highest BCUT2D eigenvalue weighted by Crippen LogP contribution is 2.50. The van der Waals surface area contributed by atoms with Gasteiger partial charge in [0.25, 0.3) is 0 Å². The molecule has 4 fully saturated rings. The van der Waals surface area contributed by atoms with E-state index in [0.29, 0.717) is 41.8 Å². The maximum Gasteiger partial charge on any atom is 0.704 e. The second kappa shape index (κ2) is 51.6. The van der Waals surface area contributed by atoms with Gasteiger partial charge >= 0.3 is 18.0 Å². The van der Waals surface area contributed by atoms with E-state index in [2.05, 4.69) is 157 Å². The Labute approximate surface area is 682 Å². The van der Waals surface area contributed by atoms with Crippen LogP contribution in [0.15, 0.2) is 84.9 Å². The van der Waals surface area contributed by atoms with Gasteiger partial charge in [-0.1, -0.05) is 374 Å². The monoisotopic (exact) mass is 1560 g/mol. The van der Waals surface area contributed by atoms with E-state index in [4.69, 9.17) is 39.0 Å². The number of carbonyl (C=O) groups excluding carboxylic acids is 1. The first kappa shape index (κ1) is 97.1. The third-order valence-electron chi connectivity index (χ3n) is 22.7. The Kier molecular flexibility index (Phi) is 44.7. The fourth-order valence-corrected chi connectivity index (χ4v) is 15.2. The molecule has 10 rings (SSSR count). The van der Waals surface area contributed by atoms with Crippen molar-refractivity contribution in [1.29, 1.82) is 0 Å². The molecule has 4 aromatic rings. The minimum Gasteiger partial charge on any atom is -0.478 e.